The fourth-order valence-corrected chi connectivity index (χ4v) is 2.86. The van der Waals surface area contributed by atoms with Crippen LogP contribution in [0, 0.1) is 13.8 Å². The van der Waals surface area contributed by atoms with Crippen molar-refractivity contribution in [2.24, 2.45) is 11.5 Å². The molecule has 1 heterocycles. The topological polar surface area (TPSA) is 120 Å². The van der Waals surface area contributed by atoms with Gasteiger partial charge in [-0.05, 0) is 61.2 Å². The van der Waals surface area contributed by atoms with Crippen LogP contribution in [0.4, 0.5) is 0 Å². The van der Waals surface area contributed by atoms with Gasteiger partial charge >= 0.3 is 0 Å². The van der Waals surface area contributed by atoms with Crippen molar-refractivity contribution in [1.29, 1.82) is 0 Å². The van der Waals surface area contributed by atoms with Crippen molar-refractivity contribution in [2.75, 3.05) is 0 Å². The summed E-state index contributed by atoms with van der Waals surface area (Å²) in [5.74, 6) is 0.611. The zero-order valence-corrected chi connectivity index (χ0v) is 15.4. The molecule has 7 nitrogen and oxygen atoms in total. The number of aromatic nitrogens is 3. The van der Waals surface area contributed by atoms with Crippen LogP contribution in [0.3, 0.4) is 0 Å². The van der Waals surface area contributed by atoms with Gasteiger partial charge in [0, 0.05) is 0 Å². The molecule has 1 atom stereocenters. The molecule has 3 aromatic rings. The molecule has 5 N–H and O–H groups in total. The Balaban J connectivity index is 1.98. The summed E-state index contributed by atoms with van der Waals surface area (Å²) in [6.07, 6.45) is 0.469. The Kier molecular flexibility index (Phi) is 5.23. The van der Waals surface area contributed by atoms with Crippen molar-refractivity contribution in [1.82, 2.24) is 14.8 Å². The maximum atomic E-state index is 11.3. The van der Waals surface area contributed by atoms with Gasteiger partial charge in [-0.15, -0.1) is 0 Å². The lowest BCUT2D eigenvalue weighted by atomic mass is 10.1. The van der Waals surface area contributed by atoms with E-state index in [0.717, 1.165) is 16.8 Å². The third-order valence-electron chi connectivity index (χ3n) is 4.47. The molecule has 0 unspecified atom stereocenters. The number of rotatable bonds is 6. The Morgan fingerprint density at radius 1 is 1.15 bits per heavy atom. The SMILES string of the molecule is Cc1ccc(-n2nc(CC(N)=O)nc2[C@@H](N)Cc2ccc(O)cc2)cc1C. The smallest absolute Gasteiger partial charge is 0.225 e. The number of nitrogens with zero attached hydrogens (tertiary/aromatic N) is 3. The first-order chi connectivity index (χ1) is 12.8. The molecular weight excluding hydrogens is 342 g/mol. The lowest BCUT2D eigenvalue weighted by Crippen LogP contribution is -2.19. The summed E-state index contributed by atoms with van der Waals surface area (Å²) in [7, 11) is 0. The van der Waals surface area contributed by atoms with E-state index in [4.69, 9.17) is 11.5 Å². The minimum absolute atomic E-state index is 0.0449. The van der Waals surface area contributed by atoms with Crippen LogP contribution in [0.15, 0.2) is 42.5 Å². The molecule has 0 aliphatic rings. The van der Waals surface area contributed by atoms with Crippen LogP contribution >= 0.6 is 0 Å². The predicted octanol–water partition coefficient (Wildman–Crippen LogP) is 1.86. The largest absolute Gasteiger partial charge is 0.508 e. The predicted molar refractivity (Wildman–Crippen MR) is 102 cm³/mol. The van der Waals surface area contributed by atoms with E-state index in [0.29, 0.717) is 18.1 Å². The normalized spacial score (nSPS) is 12.1. The fourth-order valence-electron chi connectivity index (χ4n) is 2.86. The Morgan fingerprint density at radius 2 is 1.85 bits per heavy atom. The van der Waals surface area contributed by atoms with Gasteiger partial charge in [0.15, 0.2) is 5.82 Å². The maximum Gasteiger partial charge on any atom is 0.225 e. The first-order valence-electron chi connectivity index (χ1n) is 8.68. The average Bonchev–Trinajstić information content (AvgIpc) is 3.02. The number of primary amides is 1. The van der Waals surface area contributed by atoms with Crippen molar-refractivity contribution in [3.8, 4) is 11.4 Å². The maximum absolute atomic E-state index is 11.3. The highest BCUT2D eigenvalue weighted by Crippen LogP contribution is 2.21. The lowest BCUT2D eigenvalue weighted by Gasteiger charge is -2.14. The molecule has 0 aliphatic carbocycles. The molecule has 2 aromatic carbocycles. The molecule has 0 fully saturated rings. The molecule has 140 valence electrons. The van der Waals surface area contributed by atoms with E-state index in [9.17, 15) is 9.90 Å². The van der Waals surface area contributed by atoms with Crippen LogP contribution in [0.2, 0.25) is 0 Å². The minimum atomic E-state index is -0.495. The third kappa shape index (κ3) is 4.32. The zero-order valence-electron chi connectivity index (χ0n) is 15.4. The molecule has 3 rings (SSSR count). The molecule has 27 heavy (non-hydrogen) atoms. The van der Waals surface area contributed by atoms with Gasteiger partial charge in [-0.25, -0.2) is 9.67 Å². The van der Waals surface area contributed by atoms with Crippen molar-refractivity contribution in [3.63, 3.8) is 0 Å². The number of hydrogen-bond donors (Lipinski definition) is 3. The van der Waals surface area contributed by atoms with Crippen LogP contribution in [0.5, 0.6) is 5.75 Å². The summed E-state index contributed by atoms with van der Waals surface area (Å²) in [5, 5.41) is 13.9. The van der Waals surface area contributed by atoms with E-state index in [1.165, 1.54) is 5.56 Å². The first-order valence-corrected chi connectivity index (χ1v) is 8.68. The van der Waals surface area contributed by atoms with Crippen LogP contribution < -0.4 is 11.5 Å². The van der Waals surface area contributed by atoms with Gasteiger partial charge in [0.25, 0.3) is 0 Å². The fraction of sp³-hybridized carbons (Fsp3) is 0.250. The first kappa shape index (κ1) is 18.6. The van der Waals surface area contributed by atoms with Crippen molar-refractivity contribution < 1.29 is 9.90 Å². The average molecular weight is 365 g/mol. The van der Waals surface area contributed by atoms with Gasteiger partial charge in [-0.2, -0.15) is 5.10 Å². The standard InChI is InChI=1S/C20H23N5O2/c1-12-3-6-15(9-13(12)2)25-20(23-19(24-25)11-18(22)27)17(21)10-14-4-7-16(26)8-5-14/h3-9,17,26H,10-11,21H2,1-2H3,(H2,22,27)/t17-/m0/s1. The van der Waals surface area contributed by atoms with E-state index >= 15 is 0 Å². The van der Waals surface area contributed by atoms with E-state index in [1.807, 2.05) is 44.2 Å². The monoisotopic (exact) mass is 365 g/mol. The van der Waals surface area contributed by atoms with Crippen LogP contribution in [-0.4, -0.2) is 25.8 Å². The lowest BCUT2D eigenvalue weighted by molar-refractivity contribution is -0.117. The molecule has 7 heteroatoms. The second-order valence-electron chi connectivity index (χ2n) is 6.69. The Hall–Kier alpha value is -3.19. The Bertz CT molecular complexity index is 963. The number of carbonyl (C=O) groups excluding carboxylic acids is 1. The number of nitrogens with two attached hydrogens (primary N) is 2. The number of phenols is 1. The summed E-state index contributed by atoms with van der Waals surface area (Å²) in [5.41, 5.74) is 15.8. The molecule has 0 saturated heterocycles. The Morgan fingerprint density at radius 3 is 2.48 bits per heavy atom. The number of benzene rings is 2. The second-order valence-corrected chi connectivity index (χ2v) is 6.69. The molecule has 0 saturated carbocycles. The molecule has 0 spiro atoms. The Labute approximate surface area is 157 Å². The van der Waals surface area contributed by atoms with Gasteiger partial charge in [0.2, 0.25) is 5.91 Å². The van der Waals surface area contributed by atoms with Gasteiger partial charge < -0.3 is 16.6 Å². The quantitative estimate of drug-likeness (QED) is 0.616. The molecule has 0 radical (unpaired) electrons. The minimum Gasteiger partial charge on any atom is -0.508 e. The number of hydrogen-bond acceptors (Lipinski definition) is 5. The summed E-state index contributed by atoms with van der Waals surface area (Å²) in [4.78, 5) is 15.8. The van der Waals surface area contributed by atoms with Crippen LogP contribution in [0.25, 0.3) is 5.69 Å². The molecule has 0 bridgehead atoms. The number of aromatic hydroxyl groups is 1. The molecular formula is C20H23N5O2. The van der Waals surface area contributed by atoms with Crippen LogP contribution in [-0.2, 0) is 17.6 Å². The van der Waals surface area contributed by atoms with Gasteiger partial charge in [0.1, 0.15) is 11.6 Å². The summed E-state index contributed by atoms with van der Waals surface area (Å²) in [6.45, 7) is 4.06. The van der Waals surface area contributed by atoms with Crippen molar-refractivity contribution >= 4 is 5.91 Å². The number of phenolic OH excluding ortho intramolecular Hbond substituents is 1. The van der Waals surface area contributed by atoms with Crippen LogP contribution in [0.1, 0.15) is 34.4 Å². The summed E-state index contributed by atoms with van der Waals surface area (Å²) in [6, 6.07) is 12.4. The van der Waals surface area contributed by atoms with E-state index in [-0.39, 0.29) is 12.2 Å². The second kappa shape index (κ2) is 7.59. The van der Waals surface area contributed by atoms with E-state index in [1.54, 1.807) is 16.8 Å². The highest BCUT2D eigenvalue weighted by molar-refractivity contribution is 5.75. The van der Waals surface area contributed by atoms with Gasteiger partial charge in [-0.1, -0.05) is 18.2 Å². The number of amides is 1. The third-order valence-corrected chi connectivity index (χ3v) is 4.47. The van der Waals surface area contributed by atoms with E-state index < -0.39 is 11.9 Å². The number of carbonyl (C=O) groups is 1. The summed E-state index contributed by atoms with van der Waals surface area (Å²) < 4.78 is 1.68. The van der Waals surface area contributed by atoms with E-state index in [2.05, 4.69) is 10.1 Å². The molecule has 1 amide bonds. The molecule has 1 aromatic heterocycles. The van der Waals surface area contributed by atoms with Gasteiger partial charge in [-0.3, -0.25) is 4.79 Å². The highest BCUT2D eigenvalue weighted by atomic mass is 16.3. The van der Waals surface area contributed by atoms with Crippen molar-refractivity contribution in [2.45, 2.75) is 32.7 Å². The number of aryl methyl sites for hydroxylation is 2. The summed E-state index contributed by atoms with van der Waals surface area (Å²) >= 11 is 0. The zero-order chi connectivity index (χ0) is 19.6. The van der Waals surface area contributed by atoms with Crippen molar-refractivity contribution in [3.05, 3.63) is 70.8 Å². The van der Waals surface area contributed by atoms with Gasteiger partial charge in [0.05, 0.1) is 18.2 Å². The molecule has 0 aliphatic heterocycles. The highest BCUT2D eigenvalue weighted by Gasteiger charge is 2.20.